The van der Waals surface area contributed by atoms with Crippen LogP contribution < -0.4 is 0 Å². The van der Waals surface area contributed by atoms with E-state index in [1.165, 1.54) is 44.5 Å². The van der Waals surface area contributed by atoms with Gasteiger partial charge in [-0.2, -0.15) is 0 Å². The second-order valence-corrected chi connectivity index (χ2v) is 10.7. The highest BCUT2D eigenvalue weighted by Crippen LogP contribution is 2.63. The summed E-state index contributed by atoms with van der Waals surface area (Å²) in [6.07, 6.45) is 0. The Labute approximate surface area is 232 Å². The van der Waals surface area contributed by atoms with Crippen LogP contribution in [0, 0.1) is 0 Å². The lowest BCUT2D eigenvalue weighted by Crippen LogP contribution is -2.25. The Morgan fingerprint density at radius 1 is 0.425 bits per heavy atom. The highest BCUT2D eigenvalue weighted by atomic mass is 15.1. The molecule has 186 valence electrons. The molecule has 0 saturated heterocycles. The van der Waals surface area contributed by atoms with E-state index >= 15 is 0 Å². The summed E-state index contributed by atoms with van der Waals surface area (Å²) in [4.78, 5) is 5.28. The van der Waals surface area contributed by atoms with Crippen LogP contribution in [0.2, 0.25) is 0 Å². The molecule has 9 rings (SSSR count). The molecule has 0 aliphatic heterocycles. The van der Waals surface area contributed by atoms with Crippen LogP contribution in [-0.2, 0) is 5.41 Å². The van der Waals surface area contributed by atoms with Gasteiger partial charge in [-0.3, -0.25) is 4.57 Å². The maximum atomic E-state index is 5.28. The molecule has 40 heavy (non-hydrogen) atoms. The van der Waals surface area contributed by atoms with E-state index in [1.54, 1.807) is 0 Å². The molecule has 6 aromatic carbocycles. The molecule has 1 aromatic heterocycles. The SMILES string of the molecule is c1ccc(-n2c(-c3cccc4c3-c3ccccc3C43c4ccccc4-c4ccccc43)nc3ccccc32)cc1. The molecule has 0 N–H and O–H groups in total. The van der Waals surface area contributed by atoms with Gasteiger partial charge in [0.05, 0.1) is 16.4 Å². The molecule has 2 heteroatoms. The predicted molar refractivity (Wildman–Crippen MR) is 163 cm³/mol. The molecule has 0 amide bonds. The summed E-state index contributed by atoms with van der Waals surface area (Å²) < 4.78 is 2.31. The van der Waals surface area contributed by atoms with Gasteiger partial charge in [-0.15, -0.1) is 0 Å². The van der Waals surface area contributed by atoms with Crippen molar-refractivity contribution in [3.8, 4) is 39.3 Å². The van der Waals surface area contributed by atoms with Gasteiger partial charge in [0.15, 0.2) is 0 Å². The zero-order valence-corrected chi connectivity index (χ0v) is 21.8. The molecule has 0 radical (unpaired) electrons. The van der Waals surface area contributed by atoms with Gasteiger partial charge in [0, 0.05) is 11.3 Å². The molecular weight excluding hydrogens is 484 g/mol. The Morgan fingerprint density at radius 2 is 0.950 bits per heavy atom. The minimum atomic E-state index is -0.362. The minimum absolute atomic E-state index is 0.362. The topological polar surface area (TPSA) is 17.8 Å². The molecule has 0 saturated carbocycles. The number of para-hydroxylation sites is 3. The Kier molecular flexibility index (Phi) is 4.29. The first-order valence-corrected chi connectivity index (χ1v) is 13.8. The Bertz CT molecular complexity index is 2070. The van der Waals surface area contributed by atoms with E-state index in [0.29, 0.717) is 0 Å². The smallest absolute Gasteiger partial charge is 0.146 e. The van der Waals surface area contributed by atoms with Crippen molar-refractivity contribution in [2.45, 2.75) is 5.41 Å². The Balaban J connectivity index is 1.43. The monoisotopic (exact) mass is 508 g/mol. The van der Waals surface area contributed by atoms with E-state index in [4.69, 9.17) is 4.98 Å². The van der Waals surface area contributed by atoms with Gasteiger partial charge in [0.2, 0.25) is 0 Å². The molecule has 0 bridgehead atoms. The molecule has 1 heterocycles. The van der Waals surface area contributed by atoms with Gasteiger partial charge in [-0.1, -0.05) is 121 Å². The summed E-state index contributed by atoms with van der Waals surface area (Å²) in [6.45, 7) is 0. The van der Waals surface area contributed by atoms with Crippen molar-refractivity contribution in [2.75, 3.05) is 0 Å². The van der Waals surface area contributed by atoms with Crippen LogP contribution in [0.25, 0.3) is 50.4 Å². The largest absolute Gasteiger partial charge is 0.292 e. The highest BCUT2D eigenvalue weighted by molar-refractivity contribution is 6.00. The van der Waals surface area contributed by atoms with Crippen molar-refractivity contribution in [2.24, 2.45) is 0 Å². The summed E-state index contributed by atoms with van der Waals surface area (Å²) >= 11 is 0. The zero-order chi connectivity index (χ0) is 26.3. The maximum Gasteiger partial charge on any atom is 0.146 e. The number of aromatic nitrogens is 2. The van der Waals surface area contributed by atoms with Gasteiger partial charge in [0.25, 0.3) is 0 Å². The zero-order valence-electron chi connectivity index (χ0n) is 21.8. The quantitative estimate of drug-likeness (QED) is 0.228. The summed E-state index contributed by atoms with van der Waals surface area (Å²) in [5, 5.41) is 0. The molecule has 0 fully saturated rings. The molecule has 7 aromatic rings. The second kappa shape index (κ2) is 7.91. The summed E-state index contributed by atoms with van der Waals surface area (Å²) in [5.41, 5.74) is 14.6. The summed E-state index contributed by atoms with van der Waals surface area (Å²) in [6, 6.07) is 52.8. The standard InChI is InChI=1S/C38H24N2/c1-2-13-25(14-3-1)40-35-24-11-10-23-34(35)39-37(40)29-18-12-22-33-36(29)28-17-6-9-21-32(28)38(33)30-19-7-4-15-26(30)27-16-5-8-20-31(27)38/h1-24H. The first kappa shape index (κ1) is 21.7. The Morgan fingerprint density at radius 3 is 1.68 bits per heavy atom. The number of nitrogens with zero attached hydrogens (tertiary/aromatic N) is 2. The lowest BCUT2D eigenvalue weighted by atomic mass is 9.70. The molecule has 2 nitrogen and oxygen atoms in total. The fraction of sp³-hybridized carbons (Fsp3) is 0.0263. The summed E-state index contributed by atoms with van der Waals surface area (Å²) in [7, 11) is 0. The Hall–Kier alpha value is -5.21. The highest BCUT2D eigenvalue weighted by Gasteiger charge is 2.52. The second-order valence-electron chi connectivity index (χ2n) is 10.7. The fourth-order valence-corrected chi connectivity index (χ4v) is 7.38. The average molecular weight is 509 g/mol. The number of fused-ring (bicyclic) bond motifs is 11. The summed E-state index contributed by atoms with van der Waals surface area (Å²) in [5.74, 6) is 0.968. The lowest BCUT2D eigenvalue weighted by Gasteiger charge is -2.30. The molecular formula is C38H24N2. The third kappa shape index (κ3) is 2.60. The van der Waals surface area contributed by atoms with Crippen molar-refractivity contribution in [3.05, 3.63) is 168 Å². The molecule has 2 aliphatic rings. The van der Waals surface area contributed by atoms with Crippen molar-refractivity contribution >= 4 is 11.0 Å². The van der Waals surface area contributed by atoms with Gasteiger partial charge >= 0.3 is 0 Å². The normalized spacial score (nSPS) is 13.7. The third-order valence-corrected chi connectivity index (χ3v) is 8.84. The third-order valence-electron chi connectivity index (χ3n) is 8.84. The number of benzene rings is 6. The minimum Gasteiger partial charge on any atom is -0.292 e. The maximum absolute atomic E-state index is 5.28. The number of hydrogen-bond donors (Lipinski definition) is 0. The number of rotatable bonds is 2. The molecule has 2 aliphatic carbocycles. The lowest BCUT2D eigenvalue weighted by molar-refractivity contribution is 0.794. The predicted octanol–water partition coefficient (Wildman–Crippen LogP) is 9.04. The van der Waals surface area contributed by atoms with Crippen molar-refractivity contribution in [1.82, 2.24) is 9.55 Å². The van der Waals surface area contributed by atoms with E-state index in [1.807, 2.05) is 0 Å². The van der Waals surface area contributed by atoms with Crippen LogP contribution in [0.5, 0.6) is 0 Å². The first-order chi connectivity index (χ1) is 19.9. The van der Waals surface area contributed by atoms with Crippen LogP contribution in [0.15, 0.2) is 146 Å². The first-order valence-electron chi connectivity index (χ1n) is 13.8. The number of imidazole rings is 1. The van der Waals surface area contributed by atoms with Gasteiger partial charge in [-0.05, 0) is 68.8 Å². The van der Waals surface area contributed by atoms with E-state index in [2.05, 4.69) is 150 Å². The van der Waals surface area contributed by atoms with Crippen molar-refractivity contribution in [3.63, 3.8) is 0 Å². The van der Waals surface area contributed by atoms with Crippen molar-refractivity contribution < 1.29 is 0 Å². The fourth-order valence-electron chi connectivity index (χ4n) is 7.38. The van der Waals surface area contributed by atoms with E-state index in [9.17, 15) is 0 Å². The number of hydrogen-bond acceptors (Lipinski definition) is 1. The van der Waals surface area contributed by atoms with Gasteiger partial charge in [-0.25, -0.2) is 4.98 Å². The van der Waals surface area contributed by atoms with E-state index < -0.39 is 0 Å². The van der Waals surface area contributed by atoms with Gasteiger partial charge in [0.1, 0.15) is 5.82 Å². The van der Waals surface area contributed by atoms with Crippen LogP contribution in [0.1, 0.15) is 22.3 Å². The van der Waals surface area contributed by atoms with Crippen LogP contribution in [0.3, 0.4) is 0 Å². The molecule has 1 spiro atoms. The van der Waals surface area contributed by atoms with Gasteiger partial charge < -0.3 is 0 Å². The van der Waals surface area contributed by atoms with Crippen molar-refractivity contribution in [1.29, 1.82) is 0 Å². The molecule has 0 atom stereocenters. The van der Waals surface area contributed by atoms with E-state index in [0.717, 1.165) is 28.1 Å². The molecule has 0 unspecified atom stereocenters. The van der Waals surface area contributed by atoms with E-state index in [-0.39, 0.29) is 5.41 Å². The van der Waals surface area contributed by atoms with Crippen LogP contribution in [-0.4, -0.2) is 9.55 Å². The van der Waals surface area contributed by atoms with Crippen LogP contribution >= 0.6 is 0 Å². The van der Waals surface area contributed by atoms with Crippen LogP contribution in [0.4, 0.5) is 0 Å². The average Bonchev–Trinajstić information content (AvgIpc) is 3.66.